The first-order valence-corrected chi connectivity index (χ1v) is 13.9. The van der Waals surface area contributed by atoms with E-state index in [1.54, 1.807) is 25.4 Å². The largest absolute Gasteiger partial charge is 0.343 e. The SMILES string of the molecule is CNC(C)C(=O)N[C@H](C(=O)N1CCCC1c1cncc(-n2cc(C)c3cc(F)ccc32)c1)C1CCCCC1. The maximum absolute atomic E-state index is 14.1. The maximum atomic E-state index is 14.1. The summed E-state index contributed by atoms with van der Waals surface area (Å²) in [5.41, 5.74) is 3.77. The van der Waals surface area contributed by atoms with E-state index < -0.39 is 6.04 Å². The molecule has 1 saturated heterocycles. The summed E-state index contributed by atoms with van der Waals surface area (Å²) in [6, 6.07) is 5.94. The third kappa shape index (κ3) is 5.19. The van der Waals surface area contributed by atoms with Crippen LogP contribution in [0, 0.1) is 18.7 Å². The van der Waals surface area contributed by atoms with Gasteiger partial charge in [-0.05, 0) is 87.9 Å². The monoisotopic (exact) mass is 519 g/mol. The van der Waals surface area contributed by atoms with Gasteiger partial charge in [-0.2, -0.15) is 0 Å². The highest BCUT2D eigenvalue weighted by Crippen LogP contribution is 2.36. The molecule has 0 spiro atoms. The highest BCUT2D eigenvalue weighted by molar-refractivity contribution is 5.90. The minimum absolute atomic E-state index is 0.0131. The summed E-state index contributed by atoms with van der Waals surface area (Å²) in [5.74, 6) is -0.222. The average Bonchev–Trinajstić information content (AvgIpc) is 3.56. The highest BCUT2D eigenvalue weighted by atomic mass is 19.1. The van der Waals surface area contributed by atoms with Gasteiger partial charge in [0.25, 0.3) is 0 Å². The number of nitrogens with one attached hydrogen (secondary N) is 2. The van der Waals surface area contributed by atoms with Gasteiger partial charge in [-0.1, -0.05) is 19.3 Å². The predicted molar refractivity (Wildman–Crippen MR) is 146 cm³/mol. The number of likely N-dealkylation sites (tertiary alicyclic amines) is 1. The molecule has 3 aromatic rings. The number of amides is 2. The topological polar surface area (TPSA) is 79.3 Å². The van der Waals surface area contributed by atoms with Crippen LogP contribution in [0.25, 0.3) is 16.6 Å². The second-order valence-corrected chi connectivity index (χ2v) is 10.9. The number of benzene rings is 1. The van der Waals surface area contributed by atoms with Crippen molar-refractivity contribution in [3.63, 3.8) is 0 Å². The van der Waals surface area contributed by atoms with E-state index in [1.807, 2.05) is 35.7 Å². The van der Waals surface area contributed by atoms with Gasteiger partial charge >= 0.3 is 0 Å². The fourth-order valence-corrected chi connectivity index (χ4v) is 6.15. The van der Waals surface area contributed by atoms with Crippen LogP contribution in [0.4, 0.5) is 4.39 Å². The minimum atomic E-state index is -0.513. The van der Waals surface area contributed by atoms with Gasteiger partial charge in [0.2, 0.25) is 11.8 Å². The smallest absolute Gasteiger partial charge is 0.245 e. The van der Waals surface area contributed by atoms with Gasteiger partial charge in [-0.25, -0.2) is 4.39 Å². The molecule has 2 aromatic heterocycles. The molecule has 5 rings (SSSR count). The number of hydrogen-bond acceptors (Lipinski definition) is 4. The highest BCUT2D eigenvalue weighted by Gasteiger charge is 2.39. The molecule has 2 aliphatic rings. The molecule has 1 aliphatic heterocycles. The Bertz CT molecular complexity index is 1320. The molecule has 3 heterocycles. The molecule has 8 heteroatoms. The Balaban J connectivity index is 1.43. The van der Waals surface area contributed by atoms with Gasteiger partial charge in [0, 0.05) is 24.3 Å². The van der Waals surface area contributed by atoms with Crippen molar-refractivity contribution >= 4 is 22.7 Å². The number of aromatic nitrogens is 2. The van der Waals surface area contributed by atoms with Crippen molar-refractivity contribution in [3.8, 4) is 5.69 Å². The number of likely N-dealkylation sites (N-methyl/N-ethyl adjacent to an activating group) is 1. The number of halogens is 1. The van der Waals surface area contributed by atoms with Gasteiger partial charge in [0.05, 0.1) is 29.5 Å². The molecule has 1 saturated carbocycles. The lowest BCUT2D eigenvalue weighted by molar-refractivity contribution is -0.139. The van der Waals surface area contributed by atoms with Crippen LogP contribution in [-0.4, -0.2) is 51.9 Å². The van der Waals surface area contributed by atoms with Crippen LogP contribution in [0.3, 0.4) is 0 Å². The summed E-state index contributed by atoms with van der Waals surface area (Å²) in [4.78, 5) is 33.4. The van der Waals surface area contributed by atoms with Crippen LogP contribution in [0.2, 0.25) is 0 Å². The zero-order valence-electron chi connectivity index (χ0n) is 22.5. The van der Waals surface area contributed by atoms with E-state index in [4.69, 9.17) is 0 Å². The first-order chi connectivity index (χ1) is 18.4. The number of nitrogens with zero attached hydrogens (tertiary/aromatic N) is 3. The van der Waals surface area contributed by atoms with Crippen LogP contribution >= 0.6 is 0 Å². The number of aryl methyl sites for hydroxylation is 1. The first kappa shape index (κ1) is 26.4. The zero-order valence-corrected chi connectivity index (χ0v) is 22.5. The maximum Gasteiger partial charge on any atom is 0.245 e. The predicted octanol–water partition coefficient (Wildman–Crippen LogP) is 4.81. The van der Waals surface area contributed by atoms with Crippen molar-refractivity contribution in [2.75, 3.05) is 13.6 Å². The molecule has 38 heavy (non-hydrogen) atoms. The molecule has 1 aliphatic carbocycles. The fraction of sp³-hybridized carbons (Fsp3) is 0.500. The summed E-state index contributed by atoms with van der Waals surface area (Å²) >= 11 is 0. The van der Waals surface area contributed by atoms with Crippen molar-refractivity contribution < 1.29 is 14.0 Å². The molecule has 0 radical (unpaired) electrons. The van der Waals surface area contributed by atoms with Gasteiger partial charge in [-0.15, -0.1) is 0 Å². The van der Waals surface area contributed by atoms with Gasteiger partial charge in [0.15, 0.2) is 0 Å². The summed E-state index contributed by atoms with van der Waals surface area (Å²) in [6.45, 7) is 4.45. The summed E-state index contributed by atoms with van der Waals surface area (Å²) in [5, 5.41) is 6.96. The molecule has 1 aromatic carbocycles. The van der Waals surface area contributed by atoms with Gasteiger partial charge in [0.1, 0.15) is 11.9 Å². The molecule has 202 valence electrons. The van der Waals surface area contributed by atoms with Crippen LogP contribution in [0.1, 0.15) is 69.0 Å². The van der Waals surface area contributed by atoms with Crippen molar-refractivity contribution in [3.05, 3.63) is 59.8 Å². The molecule has 2 N–H and O–H groups in total. The molecule has 3 atom stereocenters. The number of rotatable bonds is 7. The molecule has 7 nitrogen and oxygen atoms in total. The Labute approximate surface area is 223 Å². The van der Waals surface area contributed by atoms with Gasteiger partial charge in [-0.3, -0.25) is 14.6 Å². The fourth-order valence-electron chi connectivity index (χ4n) is 6.15. The van der Waals surface area contributed by atoms with E-state index in [0.717, 1.165) is 66.2 Å². The summed E-state index contributed by atoms with van der Waals surface area (Å²) in [6.07, 6.45) is 12.7. The third-order valence-corrected chi connectivity index (χ3v) is 8.42. The lowest BCUT2D eigenvalue weighted by Gasteiger charge is -2.35. The van der Waals surface area contributed by atoms with E-state index in [2.05, 4.69) is 21.7 Å². The number of fused-ring (bicyclic) bond motifs is 1. The van der Waals surface area contributed by atoms with Gasteiger partial charge < -0.3 is 20.1 Å². The molecule has 2 unspecified atom stereocenters. The second-order valence-electron chi connectivity index (χ2n) is 10.9. The number of pyridine rings is 1. The quantitative estimate of drug-likeness (QED) is 0.470. The Hall–Kier alpha value is -3.26. The first-order valence-electron chi connectivity index (χ1n) is 13.9. The second kappa shape index (κ2) is 11.2. The lowest BCUT2D eigenvalue weighted by atomic mass is 9.83. The Morgan fingerprint density at radius 2 is 1.87 bits per heavy atom. The van der Waals surface area contributed by atoms with Crippen LogP contribution in [0.15, 0.2) is 42.9 Å². The Morgan fingerprint density at radius 1 is 1.08 bits per heavy atom. The Kier molecular flexibility index (Phi) is 7.79. The molecule has 0 bridgehead atoms. The van der Waals surface area contributed by atoms with Crippen molar-refractivity contribution in [1.82, 2.24) is 25.1 Å². The van der Waals surface area contributed by atoms with E-state index in [0.29, 0.717) is 6.54 Å². The summed E-state index contributed by atoms with van der Waals surface area (Å²) in [7, 11) is 1.75. The molecular weight excluding hydrogens is 481 g/mol. The summed E-state index contributed by atoms with van der Waals surface area (Å²) < 4.78 is 15.9. The minimum Gasteiger partial charge on any atom is -0.343 e. The molecular formula is C30H38FN5O2. The zero-order chi connectivity index (χ0) is 26.8. The van der Waals surface area contributed by atoms with E-state index in [1.165, 1.54) is 12.5 Å². The van der Waals surface area contributed by atoms with Crippen LogP contribution < -0.4 is 10.6 Å². The number of carbonyl (C=O) groups excluding carboxylic acids is 2. The van der Waals surface area contributed by atoms with E-state index in [9.17, 15) is 14.0 Å². The van der Waals surface area contributed by atoms with E-state index in [-0.39, 0.29) is 35.6 Å². The van der Waals surface area contributed by atoms with E-state index >= 15 is 0 Å². The molecule has 2 amide bonds. The third-order valence-electron chi connectivity index (χ3n) is 8.42. The van der Waals surface area contributed by atoms with Crippen LogP contribution in [-0.2, 0) is 9.59 Å². The lowest BCUT2D eigenvalue weighted by Crippen LogP contribution is -2.55. The normalized spacial score (nSPS) is 20.0. The van der Waals surface area contributed by atoms with Crippen LogP contribution in [0.5, 0.6) is 0 Å². The number of hydrogen-bond donors (Lipinski definition) is 2. The Morgan fingerprint density at radius 3 is 2.63 bits per heavy atom. The standard InChI is InChI=1S/C30H38FN5O2/c1-19-18-36(27-12-11-23(31)15-25(19)27)24-14-22(16-33-17-24)26-10-7-13-35(26)30(38)28(21-8-5-4-6-9-21)34-29(37)20(2)32-3/h11-12,14-18,20-21,26,28,32H,4-10,13H2,1-3H3,(H,34,37)/t20?,26?,28-/m0/s1. The number of carbonyl (C=O) groups is 2. The molecule has 2 fully saturated rings. The van der Waals surface area contributed by atoms with Crippen molar-refractivity contribution in [2.45, 2.75) is 76.9 Å². The van der Waals surface area contributed by atoms with Crippen molar-refractivity contribution in [1.29, 1.82) is 0 Å². The van der Waals surface area contributed by atoms with Crippen molar-refractivity contribution in [2.24, 2.45) is 5.92 Å². The average molecular weight is 520 g/mol.